The summed E-state index contributed by atoms with van der Waals surface area (Å²) in [6.45, 7) is 1.74. The Balaban J connectivity index is 1.71. The monoisotopic (exact) mass is 442 g/mol. The maximum Gasteiger partial charge on any atom is 0.312 e. The molecule has 0 saturated heterocycles. The van der Waals surface area contributed by atoms with Gasteiger partial charge in [0.15, 0.2) is 0 Å². The number of carbonyl (C=O) groups excluding carboxylic acids is 3. The lowest BCUT2D eigenvalue weighted by Gasteiger charge is -2.12. The normalized spacial score (nSPS) is 11.4. The van der Waals surface area contributed by atoms with Crippen molar-refractivity contribution in [1.82, 2.24) is 0 Å². The van der Waals surface area contributed by atoms with E-state index in [0.717, 1.165) is 5.56 Å². The van der Waals surface area contributed by atoms with Crippen LogP contribution in [-0.2, 0) is 9.53 Å². The number of amides is 2. The predicted molar refractivity (Wildman–Crippen MR) is 119 cm³/mol. The Labute approximate surface area is 182 Å². The van der Waals surface area contributed by atoms with E-state index in [4.69, 9.17) is 16.3 Å². The predicted octanol–water partition coefficient (Wildman–Crippen LogP) is 5.18. The van der Waals surface area contributed by atoms with Crippen LogP contribution < -0.4 is 10.6 Å². The van der Waals surface area contributed by atoms with E-state index in [9.17, 15) is 14.4 Å². The number of esters is 1. The zero-order chi connectivity index (χ0) is 21.7. The van der Waals surface area contributed by atoms with Gasteiger partial charge in [0.2, 0.25) is 0 Å². The number of thiophene rings is 1. The fourth-order valence-corrected chi connectivity index (χ4v) is 3.71. The second-order valence-corrected chi connectivity index (χ2v) is 8.18. The number of benzene rings is 2. The molecule has 8 heteroatoms. The second-order valence-electron chi connectivity index (χ2n) is 6.46. The van der Waals surface area contributed by atoms with E-state index in [1.54, 1.807) is 67.6 Å². The number of hydrogen-bond acceptors (Lipinski definition) is 5. The lowest BCUT2D eigenvalue weighted by atomic mass is 10.0. The maximum atomic E-state index is 12.7. The number of carbonyl (C=O) groups is 3. The van der Waals surface area contributed by atoms with Gasteiger partial charge in [0.05, 0.1) is 22.2 Å². The van der Waals surface area contributed by atoms with Crippen molar-refractivity contribution in [2.24, 2.45) is 0 Å². The Kier molecular flexibility index (Phi) is 6.87. The van der Waals surface area contributed by atoms with Gasteiger partial charge in [-0.1, -0.05) is 29.8 Å². The van der Waals surface area contributed by atoms with Crippen LogP contribution in [0.15, 0.2) is 60.7 Å². The minimum atomic E-state index is -0.448. The first-order valence-electron chi connectivity index (χ1n) is 9.03. The highest BCUT2D eigenvalue weighted by Crippen LogP contribution is 2.23. The van der Waals surface area contributed by atoms with Crippen molar-refractivity contribution >= 4 is 52.1 Å². The zero-order valence-electron chi connectivity index (χ0n) is 16.3. The lowest BCUT2D eigenvalue weighted by molar-refractivity contribution is -0.141. The van der Waals surface area contributed by atoms with Crippen LogP contribution in [0.25, 0.3) is 0 Å². The van der Waals surface area contributed by atoms with E-state index >= 15 is 0 Å². The summed E-state index contributed by atoms with van der Waals surface area (Å²) in [5.74, 6) is -1.44. The summed E-state index contributed by atoms with van der Waals surface area (Å²) in [7, 11) is 1.34. The number of halogens is 1. The standard InChI is InChI=1S/C22H19ClN2O4S/c1-13(22(28)29-2)14-5-3-7-16(11-14)24-20(26)15-6-4-8-17(12-15)25-21(27)18-9-10-19(23)30-18/h3-13H,1-2H3,(H,24,26)(H,25,27). The van der Waals surface area contributed by atoms with Crippen molar-refractivity contribution in [3.63, 3.8) is 0 Å². The average Bonchev–Trinajstić information content (AvgIpc) is 3.19. The van der Waals surface area contributed by atoms with Crippen molar-refractivity contribution < 1.29 is 19.1 Å². The Morgan fingerprint density at radius 2 is 1.60 bits per heavy atom. The molecule has 2 aromatic carbocycles. The minimum absolute atomic E-state index is 0.297. The maximum absolute atomic E-state index is 12.7. The van der Waals surface area contributed by atoms with E-state index in [2.05, 4.69) is 10.6 Å². The third-order valence-electron chi connectivity index (χ3n) is 4.38. The van der Waals surface area contributed by atoms with Gasteiger partial charge in [-0.05, 0) is 55.0 Å². The van der Waals surface area contributed by atoms with E-state index in [-0.39, 0.29) is 17.8 Å². The van der Waals surface area contributed by atoms with Crippen molar-refractivity contribution in [3.05, 3.63) is 81.0 Å². The molecular weight excluding hydrogens is 424 g/mol. The molecule has 0 radical (unpaired) electrons. The van der Waals surface area contributed by atoms with Crippen LogP contribution in [0.5, 0.6) is 0 Å². The molecule has 2 N–H and O–H groups in total. The van der Waals surface area contributed by atoms with Gasteiger partial charge >= 0.3 is 5.97 Å². The zero-order valence-corrected chi connectivity index (χ0v) is 17.8. The molecule has 3 aromatic rings. The molecular formula is C22H19ClN2O4S. The summed E-state index contributed by atoms with van der Waals surface area (Å²) in [6.07, 6.45) is 0. The molecule has 1 heterocycles. The molecule has 0 fully saturated rings. The fourth-order valence-electron chi connectivity index (χ4n) is 2.77. The van der Waals surface area contributed by atoms with E-state index in [1.807, 2.05) is 0 Å². The molecule has 1 aromatic heterocycles. The Bertz CT molecular complexity index is 1100. The molecule has 2 amide bonds. The van der Waals surface area contributed by atoms with Crippen LogP contribution in [0.4, 0.5) is 11.4 Å². The highest BCUT2D eigenvalue weighted by atomic mass is 35.5. The van der Waals surface area contributed by atoms with Crippen LogP contribution in [0.3, 0.4) is 0 Å². The third-order valence-corrected chi connectivity index (χ3v) is 5.61. The number of hydrogen-bond donors (Lipinski definition) is 2. The lowest BCUT2D eigenvalue weighted by Crippen LogP contribution is -2.15. The van der Waals surface area contributed by atoms with Gasteiger partial charge in [-0.15, -0.1) is 11.3 Å². The first-order valence-corrected chi connectivity index (χ1v) is 10.2. The van der Waals surface area contributed by atoms with Crippen LogP contribution >= 0.6 is 22.9 Å². The SMILES string of the molecule is COC(=O)C(C)c1cccc(NC(=O)c2cccc(NC(=O)c3ccc(Cl)s3)c2)c1. The molecule has 1 unspecified atom stereocenters. The molecule has 0 bridgehead atoms. The Hall–Kier alpha value is -3.16. The number of methoxy groups -OCH3 is 1. The van der Waals surface area contributed by atoms with Crippen molar-refractivity contribution in [3.8, 4) is 0 Å². The quantitative estimate of drug-likeness (QED) is 0.515. The Morgan fingerprint density at radius 1 is 0.933 bits per heavy atom. The van der Waals surface area contributed by atoms with Crippen molar-refractivity contribution in [2.45, 2.75) is 12.8 Å². The molecule has 6 nitrogen and oxygen atoms in total. The number of nitrogens with one attached hydrogen (secondary N) is 2. The molecule has 0 saturated carbocycles. The smallest absolute Gasteiger partial charge is 0.312 e. The molecule has 0 aliphatic heterocycles. The summed E-state index contributed by atoms with van der Waals surface area (Å²) >= 11 is 7.04. The minimum Gasteiger partial charge on any atom is -0.469 e. The van der Waals surface area contributed by atoms with Gasteiger partial charge in [-0.25, -0.2) is 0 Å². The molecule has 0 aliphatic carbocycles. The van der Waals surface area contributed by atoms with Gasteiger partial charge in [0.1, 0.15) is 0 Å². The third kappa shape index (κ3) is 5.25. The molecule has 30 heavy (non-hydrogen) atoms. The first kappa shape index (κ1) is 21.5. The van der Waals surface area contributed by atoms with Gasteiger partial charge in [0.25, 0.3) is 11.8 Å². The van der Waals surface area contributed by atoms with E-state index in [1.165, 1.54) is 18.4 Å². The summed E-state index contributed by atoms with van der Waals surface area (Å²) in [4.78, 5) is 37.2. The van der Waals surface area contributed by atoms with Crippen LogP contribution in [0.1, 0.15) is 38.4 Å². The number of rotatable bonds is 6. The van der Waals surface area contributed by atoms with Crippen molar-refractivity contribution in [2.75, 3.05) is 17.7 Å². The highest BCUT2D eigenvalue weighted by Gasteiger charge is 2.16. The summed E-state index contributed by atoms with van der Waals surface area (Å²) in [6, 6.07) is 16.9. The molecule has 154 valence electrons. The molecule has 3 rings (SSSR count). The number of anilines is 2. The topological polar surface area (TPSA) is 84.5 Å². The van der Waals surface area contributed by atoms with Gasteiger partial charge in [-0.2, -0.15) is 0 Å². The van der Waals surface area contributed by atoms with Crippen LogP contribution in [0.2, 0.25) is 4.34 Å². The number of ether oxygens (including phenoxy) is 1. The first-order chi connectivity index (χ1) is 14.4. The largest absolute Gasteiger partial charge is 0.469 e. The molecule has 0 aliphatic rings. The van der Waals surface area contributed by atoms with E-state index in [0.29, 0.717) is 26.2 Å². The van der Waals surface area contributed by atoms with Gasteiger partial charge in [0, 0.05) is 16.9 Å². The summed E-state index contributed by atoms with van der Waals surface area (Å²) in [5, 5.41) is 5.56. The fraction of sp³-hybridized carbons (Fsp3) is 0.136. The highest BCUT2D eigenvalue weighted by molar-refractivity contribution is 7.18. The van der Waals surface area contributed by atoms with Crippen molar-refractivity contribution in [1.29, 1.82) is 0 Å². The molecule has 1 atom stereocenters. The van der Waals surface area contributed by atoms with Crippen LogP contribution in [0, 0.1) is 0 Å². The van der Waals surface area contributed by atoms with Gasteiger partial charge in [-0.3, -0.25) is 14.4 Å². The second kappa shape index (κ2) is 9.56. The average molecular weight is 443 g/mol. The van der Waals surface area contributed by atoms with Crippen LogP contribution in [-0.4, -0.2) is 24.9 Å². The molecule has 0 spiro atoms. The Morgan fingerprint density at radius 3 is 2.27 bits per heavy atom. The summed E-state index contributed by atoms with van der Waals surface area (Å²) < 4.78 is 5.29. The summed E-state index contributed by atoms with van der Waals surface area (Å²) in [5.41, 5.74) is 2.15. The van der Waals surface area contributed by atoms with E-state index < -0.39 is 5.92 Å². The van der Waals surface area contributed by atoms with Gasteiger partial charge < -0.3 is 15.4 Å².